The molecule has 0 aromatic heterocycles. The van der Waals surface area contributed by atoms with E-state index in [0.717, 1.165) is 38.0 Å². The average molecular weight is 300 g/mol. The summed E-state index contributed by atoms with van der Waals surface area (Å²) in [5, 5.41) is 0.500. The van der Waals surface area contributed by atoms with Gasteiger partial charge >= 0.3 is 0 Å². The first kappa shape index (κ1) is 14.3. The predicted molar refractivity (Wildman–Crippen MR) is 75.1 cm³/mol. The molecular formula is C15H19ClFNO2. The molecule has 20 heavy (non-hydrogen) atoms. The Bertz CT molecular complexity index is 465. The maximum Gasteiger partial charge on any atom is 0.161 e. The van der Waals surface area contributed by atoms with E-state index in [-0.39, 0.29) is 12.1 Å². The molecule has 1 aromatic carbocycles. The van der Waals surface area contributed by atoms with Crippen LogP contribution in [0.25, 0.3) is 0 Å². The number of likely N-dealkylation sites (tertiary alicyclic amines) is 1. The fraction of sp³-hybridized carbons (Fsp3) is 0.600. The number of rotatable bonds is 3. The predicted octanol–water partition coefficient (Wildman–Crippen LogP) is 3.06. The Kier molecular flexibility index (Phi) is 4.56. The molecule has 0 aliphatic carbocycles. The van der Waals surface area contributed by atoms with Crippen LogP contribution in [0.4, 0.5) is 4.39 Å². The summed E-state index contributed by atoms with van der Waals surface area (Å²) in [6, 6.07) is 4.61. The minimum Gasteiger partial charge on any atom is -0.350 e. The molecule has 0 radical (unpaired) electrons. The van der Waals surface area contributed by atoms with Gasteiger partial charge < -0.3 is 9.47 Å². The second kappa shape index (κ2) is 6.39. The molecule has 2 aliphatic heterocycles. The van der Waals surface area contributed by atoms with Crippen molar-refractivity contribution in [2.45, 2.75) is 25.7 Å². The zero-order valence-electron chi connectivity index (χ0n) is 11.4. The summed E-state index contributed by atoms with van der Waals surface area (Å²) in [5.41, 5.74) is 0.974. The first-order chi connectivity index (χ1) is 9.72. The largest absolute Gasteiger partial charge is 0.350 e. The van der Waals surface area contributed by atoms with Crippen molar-refractivity contribution in [2.75, 3.05) is 26.3 Å². The quantitative estimate of drug-likeness (QED) is 0.856. The van der Waals surface area contributed by atoms with E-state index < -0.39 is 0 Å². The smallest absolute Gasteiger partial charge is 0.161 e. The van der Waals surface area contributed by atoms with Gasteiger partial charge in [0.15, 0.2) is 6.29 Å². The second-order valence-electron chi connectivity index (χ2n) is 5.48. The van der Waals surface area contributed by atoms with Gasteiger partial charge in [-0.15, -0.1) is 0 Å². The van der Waals surface area contributed by atoms with Crippen molar-refractivity contribution < 1.29 is 13.9 Å². The highest BCUT2D eigenvalue weighted by Crippen LogP contribution is 2.27. The minimum atomic E-state index is -0.289. The lowest BCUT2D eigenvalue weighted by Gasteiger charge is -2.34. The Balaban J connectivity index is 1.62. The first-order valence-electron chi connectivity index (χ1n) is 7.12. The molecule has 0 spiro atoms. The van der Waals surface area contributed by atoms with Gasteiger partial charge in [-0.05, 0) is 37.1 Å². The van der Waals surface area contributed by atoms with E-state index in [2.05, 4.69) is 4.90 Å². The Morgan fingerprint density at radius 1 is 1.30 bits per heavy atom. The molecule has 1 aromatic rings. The standard InChI is InChI=1S/C15H19ClFNO2/c16-14-8-13(17)4-3-11(14)9-18-5-1-2-12(10-18)15-19-6-7-20-15/h3-4,8,12,15H,1-2,5-7,9-10H2. The number of piperidine rings is 1. The molecule has 0 amide bonds. The van der Waals surface area contributed by atoms with Crippen molar-refractivity contribution in [3.63, 3.8) is 0 Å². The molecule has 2 fully saturated rings. The molecule has 3 nitrogen and oxygen atoms in total. The van der Waals surface area contributed by atoms with E-state index in [4.69, 9.17) is 21.1 Å². The van der Waals surface area contributed by atoms with E-state index in [0.29, 0.717) is 24.2 Å². The fourth-order valence-corrected chi connectivity index (χ4v) is 3.22. The molecule has 1 atom stereocenters. The molecule has 0 N–H and O–H groups in total. The molecule has 5 heteroatoms. The van der Waals surface area contributed by atoms with Gasteiger partial charge in [0.1, 0.15) is 5.82 Å². The van der Waals surface area contributed by atoms with Crippen LogP contribution in [0.3, 0.4) is 0 Å². The van der Waals surface area contributed by atoms with Gasteiger partial charge in [0, 0.05) is 24.0 Å². The zero-order valence-corrected chi connectivity index (χ0v) is 12.1. The Labute approximate surface area is 123 Å². The number of hydrogen-bond acceptors (Lipinski definition) is 3. The van der Waals surface area contributed by atoms with Crippen LogP contribution in [0.2, 0.25) is 5.02 Å². The molecule has 2 saturated heterocycles. The summed E-state index contributed by atoms with van der Waals surface area (Å²) in [5.74, 6) is 0.133. The molecule has 2 aliphatic rings. The van der Waals surface area contributed by atoms with Crippen LogP contribution < -0.4 is 0 Å². The number of ether oxygens (including phenoxy) is 2. The van der Waals surface area contributed by atoms with Gasteiger partial charge in [0.05, 0.1) is 13.2 Å². The fourth-order valence-electron chi connectivity index (χ4n) is 3.00. The number of benzene rings is 1. The van der Waals surface area contributed by atoms with Gasteiger partial charge in [0.25, 0.3) is 0 Å². The topological polar surface area (TPSA) is 21.7 Å². The number of hydrogen-bond donors (Lipinski definition) is 0. The summed E-state index contributed by atoms with van der Waals surface area (Å²) in [6.07, 6.45) is 2.21. The molecule has 0 saturated carbocycles. The Hall–Kier alpha value is -0.680. The molecule has 110 valence electrons. The van der Waals surface area contributed by atoms with E-state index in [1.165, 1.54) is 12.1 Å². The van der Waals surface area contributed by atoms with Gasteiger partial charge in [-0.2, -0.15) is 0 Å². The highest BCUT2D eigenvalue weighted by molar-refractivity contribution is 6.31. The van der Waals surface area contributed by atoms with Crippen molar-refractivity contribution in [3.05, 3.63) is 34.6 Å². The maximum atomic E-state index is 13.1. The van der Waals surface area contributed by atoms with Crippen LogP contribution in [0.1, 0.15) is 18.4 Å². The van der Waals surface area contributed by atoms with Crippen LogP contribution >= 0.6 is 11.6 Å². The van der Waals surface area contributed by atoms with E-state index >= 15 is 0 Å². The van der Waals surface area contributed by atoms with Gasteiger partial charge in [0.2, 0.25) is 0 Å². The van der Waals surface area contributed by atoms with Crippen LogP contribution in [-0.4, -0.2) is 37.5 Å². The van der Waals surface area contributed by atoms with E-state index in [1.54, 1.807) is 6.07 Å². The van der Waals surface area contributed by atoms with Crippen molar-refractivity contribution >= 4 is 11.6 Å². The third-order valence-electron chi connectivity index (χ3n) is 3.98. The summed E-state index contributed by atoms with van der Waals surface area (Å²) in [7, 11) is 0. The van der Waals surface area contributed by atoms with Crippen molar-refractivity contribution in [1.29, 1.82) is 0 Å². The summed E-state index contributed by atoms with van der Waals surface area (Å²) in [6.45, 7) is 4.13. The third-order valence-corrected chi connectivity index (χ3v) is 4.34. The SMILES string of the molecule is Fc1ccc(CN2CCCC(C3OCCO3)C2)c(Cl)c1. The summed E-state index contributed by atoms with van der Waals surface area (Å²) >= 11 is 6.10. The van der Waals surface area contributed by atoms with Crippen molar-refractivity contribution in [2.24, 2.45) is 5.92 Å². The molecule has 0 bridgehead atoms. The summed E-state index contributed by atoms with van der Waals surface area (Å²) < 4.78 is 24.3. The van der Waals surface area contributed by atoms with Crippen LogP contribution in [0, 0.1) is 11.7 Å². The molecule has 2 heterocycles. The zero-order chi connectivity index (χ0) is 13.9. The normalized spacial score (nSPS) is 25.2. The van der Waals surface area contributed by atoms with Crippen molar-refractivity contribution in [3.8, 4) is 0 Å². The van der Waals surface area contributed by atoms with Gasteiger partial charge in [-0.1, -0.05) is 17.7 Å². The molecular weight excluding hydrogens is 281 g/mol. The lowest BCUT2D eigenvalue weighted by atomic mass is 9.97. The lowest BCUT2D eigenvalue weighted by molar-refractivity contribution is -0.101. The monoisotopic (exact) mass is 299 g/mol. The third kappa shape index (κ3) is 3.31. The first-order valence-corrected chi connectivity index (χ1v) is 7.49. The van der Waals surface area contributed by atoms with Gasteiger partial charge in [-0.3, -0.25) is 4.90 Å². The van der Waals surface area contributed by atoms with Crippen molar-refractivity contribution in [1.82, 2.24) is 4.90 Å². The van der Waals surface area contributed by atoms with Crippen LogP contribution in [-0.2, 0) is 16.0 Å². The lowest BCUT2D eigenvalue weighted by Crippen LogP contribution is -2.40. The second-order valence-corrected chi connectivity index (χ2v) is 5.89. The molecule has 1 unspecified atom stereocenters. The minimum absolute atomic E-state index is 0.0542. The molecule has 3 rings (SSSR count). The Morgan fingerprint density at radius 2 is 2.10 bits per heavy atom. The van der Waals surface area contributed by atoms with Crippen LogP contribution in [0.15, 0.2) is 18.2 Å². The summed E-state index contributed by atoms with van der Waals surface area (Å²) in [4.78, 5) is 2.35. The maximum absolute atomic E-state index is 13.1. The highest BCUT2D eigenvalue weighted by Gasteiger charge is 2.31. The number of nitrogens with zero attached hydrogens (tertiary/aromatic N) is 1. The van der Waals surface area contributed by atoms with Crippen LogP contribution in [0.5, 0.6) is 0 Å². The average Bonchev–Trinajstić information content (AvgIpc) is 2.96. The number of halogens is 2. The van der Waals surface area contributed by atoms with Gasteiger partial charge in [-0.25, -0.2) is 4.39 Å². The van der Waals surface area contributed by atoms with E-state index in [1.807, 2.05) is 0 Å². The Morgan fingerprint density at radius 3 is 2.85 bits per heavy atom. The highest BCUT2D eigenvalue weighted by atomic mass is 35.5. The van der Waals surface area contributed by atoms with E-state index in [9.17, 15) is 4.39 Å².